The zero-order valence-electron chi connectivity index (χ0n) is 14.2. The lowest BCUT2D eigenvalue weighted by Gasteiger charge is -2.31. The lowest BCUT2D eigenvalue weighted by Crippen LogP contribution is -2.44. The van der Waals surface area contributed by atoms with Gasteiger partial charge in [0.25, 0.3) is 0 Å². The summed E-state index contributed by atoms with van der Waals surface area (Å²) in [5.41, 5.74) is 0.999. The van der Waals surface area contributed by atoms with Crippen LogP contribution in [0.4, 0.5) is 0 Å². The van der Waals surface area contributed by atoms with Crippen molar-refractivity contribution in [3.8, 4) is 17.6 Å². The minimum Gasteiger partial charge on any atom is -0.497 e. The summed E-state index contributed by atoms with van der Waals surface area (Å²) in [6.07, 6.45) is 2.10. The fourth-order valence-electron chi connectivity index (χ4n) is 2.27. The van der Waals surface area contributed by atoms with Crippen LogP contribution in [-0.2, 0) is 4.43 Å². The molecule has 0 aliphatic rings. The van der Waals surface area contributed by atoms with E-state index in [-0.39, 0.29) is 0 Å². The monoisotopic (exact) mass is 318 g/mol. The normalized spacial score (nSPS) is 12.6. The third-order valence-corrected chi connectivity index (χ3v) is 11.8. The molecule has 0 heterocycles. The number of benzene rings is 1. The number of allylic oxidation sites excluding steroid dienone is 1. The van der Waals surface area contributed by atoms with Gasteiger partial charge in [-0.3, -0.25) is 0 Å². The first-order valence-corrected chi connectivity index (χ1v) is 13.5. The second kappa shape index (κ2) is 7.12. The van der Waals surface area contributed by atoms with Crippen molar-refractivity contribution in [1.29, 1.82) is 0 Å². The van der Waals surface area contributed by atoms with E-state index in [1.54, 1.807) is 7.11 Å². The molecular formula is C17H26O2Si2. The maximum absolute atomic E-state index is 5.78. The molecule has 2 nitrogen and oxygen atoms in total. The van der Waals surface area contributed by atoms with E-state index in [0.29, 0.717) is 0 Å². The van der Waals surface area contributed by atoms with Gasteiger partial charge in [0.1, 0.15) is 5.75 Å². The van der Waals surface area contributed by atoms with Crippen LogP contribution in [-0.4, -0.2) is 30.6 Å². The molecule has 1 rings (SSSR count). The van der Waals surface area contributed by atoms with Gasteiger partial charge in [0.2, 0.25) is 8.32 Å². The van der Waals surface area contributed by atoms with Gasteiger partial charge in [-0.25, -0.2) is 0 Å². The first kappa shape index (κ1) is 17.8. The Bertz CT molecular complexity index is 555. The number of rotatable bonds is 4. The van der Waals surface area contributed by atoms with Gasteiger partial charge in [0, 0.05) is 12.7 Å². The average molecular weight is 319 g/mol. The summed E-state index contributed by atoms with van der Waals surface area (Å²) in [4.78, 5) is 1.46. The number of hydrogen-bond acceptors (Lipinski definition) is 2. The van der Waals surface area contributed by atoms with Crippen molar-refractivity contribution >= 4 is 16.4 Å². The van der Waals surface area contributed by atoms with Crippen molar-refractivity contribution in [1.82, 2.24) is 0 Å². The Morgan fingerprint density at radius 1 is 1.00 bits per heavy atom. The lowest BCUT2D eigenvalue weighted by molar-refractivity contribution is 0.414. The summed E-state index contributed by atoms with van der Waals surface area (Å²) >= 11 is 0. The SMILES string of the molecule is COc1ccc(C#C/C=C(/[Si](C)(C)C)[Si](C)(C)OC)cc1. The quantitative estimate of drug-likeness (QED) is 0.610. The van der Waals surface area contributed by atoms with Crippen molar-refractivity contribution in [2.24, 2.45) is 0 Å². The fourth-order valence-corrected chi connectivity index (χ4v) is 10.9. The fraction of sp³-hybridized carbons (Fsp3) is 0.412. The first-order chi connectivity index (χ1) is 9.70. The van der Waals surface area contributed by atoms with Gasteiger partial charge in [-0.1, -0.05) is 36.3 Å². The lowest BCUT2D eigenvalue weighted by atomic mass is 10.2. The van der Waals surface area contributed by atoms with E-state index < -0.39 is 16.4 Å². The molecule has 114 valence electrons. The van der Waals surface area contributed by atoms with Crippen LogP contribution in [0.5, 0.6) is 5.75 Å². The molecule has 0 saturated heterocycles. The highest BCUT2D eigenvalue weighted by atomic mass is 28.4. The molecule has 0 aliphatic heterocycles. The Balaban J connectivity index is 3.06. The maximum atomic E-state index is 5.78. The van der Waals surface area contributed by atoms with Gasteiger partial charge in [-0.15, -0.1) is 0 Å². The van der Waals surface area contributed by atoms with E-state index in [4.69, 9.17) is 9.16 Å². The Morgan fingerprint density at radius 3 is 2.00 bits per heavy atom. The molecule has 1 aromatic carbocycles. The molecule has 0 radical (unpaired) electrons. The van der Waals surface area contributed by atoms with Gasteiger partial charge in [-0.2, -0.15) is 0 Å². The number of methoxy groups -OCH3 is 1. The van der Waals surface area contributed by atoms with Gasteiger partial charge >= 0.3 is 0 Å². The molecule has 0 fully saturated rings. The second-order valence-corrected chi connectivity index (χ2v) is 16.0. The van der Waals surface area contributed by atoms with Crippen LogP contribution in [0, 0.1) is 11.8 Å². The summed E-state index contributed by atoms with van der Waals surface area (Å²) in [7, 11) is 0.269. The van der Waals surface area contributed by atoms with E-state index in [2.05, 4.69) is 50.7 Å². The third kappa shape index (κ3) is 5.20. The standard InChI is InChI=1S/C17H26O2Si2/c1-18-16-13-11-15(12-14-16)9-8-10-17(20(3,4)5)21(6,7)19-2/h10-14H,1-7H3/b17-10-. The van der Waals surface area contributed by atoms with Crippen LogP contribution in [0.1, 0.15) is 5.56 Å². The van der Waals surface area contributed by atoms with Crippen molar-refractivity contribution in [2.75, 3.05) is 14.2 Å². The summed E-state index contributed by atoms with van der Waals surface area (Å²) in [5.74, 6) is 7.28. The number of hydrogen-bond donors (Lipinski definition) is 0. The Labute approximate surface area is 131 Å². The molecule has 0 spiro atoms. The van der Waals surface area contributed by atoms with Crippen LogP contribution in [0.3, 0.4) is 0 Å². The Hall–Kier alpha value is -1.29. The van der Waals surface area contributed by atoms with E-state index in [9.17, 15) is 0 Å². The van der Waals surface area contributed by atoms with Crippen molar-refractivity contribution in [3.05, 3.63) is 40.7 Å². The molecule has 1 aromatic rings. The Kier molecular flexibility index (Phi) is 6.02. The summed E-state index contributed by atoms with van der Waals surface area (Å²) in [5, 5.41) is 0. The molecule has 0 atom stereocenters. The largest absolute Gasteiger partial charge is 0.497 e. The predicted molar refractivity (Wildman–Crippen MR) is 95.8 cm³/mol. The molecule has 0 aromatic heterocycles. The summed E-state index contributed by atoms with van der Waals surface area (Å²) in [6, 6.07) is 7.82. The van der Waals surface area contributed by atoms with Crippen LogP contribution in [0.2, 0.25) is 32.7 Å². The van der Waals surface area contributed by atoms with Crippen LogP contribution >= 0.6 is 0 Å². The zero-order chi connectivity index (χ0) is 16.1. The highest BCUT2D eigenvalue weighted by Gasteiger charge is 2.35. The van der Waals surface area contributed by atoms with Crippen LogP contribution in [0.15, 0.2) is 35.2 Å². The van der Waals surface area contributed by atoms with E-state index >= 15 is 0 Å². The van der Waals surface area contributed by atoms with Crippen molar-refractivity contribution in [2.45, 2.75) is 32.7 Å². The van der Waals surface area contributed by atoms with Crippen molar-refractivity contribution < 1.29 is 9.16 Å². The van der Waals surface area contributed by atoms with Crippen LogP contribution < -0.4 is 4.74 Å². The smallest absolute Gasteiger partial charge is 0.210 e. The molecule has 0 saturated carbocycles. The summed E-state index contributed by atoms with van der Waals surface area (Å²) in [6.45, 7) is 11.5. The molecule has 0 aliphatic carbocycles. The van der Waals surface area contributed by atoms with E-state index in [1.165, 1.54) is 4.82 Å². The van der Waals surface area contributed by atoms with Gasteiger partial charge < -0.3 is 9.16 Å². The van der Waals surface area contributed by atoms with Gasteiger partial charge in [-0.05, 0) is 43.4 Å². The molecule has 0 bridgehead atoms. The maximum Gasteiger partial charge on any atom is 0.210 e. The van der Waals surface area contributed by atoms with Gasteiger partial charge in [0.15, 0.2) is 0 Å². The highest BCUT2D eigenvalue weighted by molar-refractivity contribution is 7.02. The molecule has 21 heavy (non-hydrogen) atoms. The topological polar surface area (TPSA) is 18.5 Å². The third-order valence-electron chi connectivity index (χ3n) is 3.49. The summed E-state index contributed by atoms with van der Waals surface area (Å²) < 4.78 is 10.9. The Morgan fingerprint density at radius 2 is 1.57 bits per heavy atom. The average Bonchev–Trinajstić information content (AvgIpc) is 2.42. The predicted octanol–water partition coefficient (Wildman–Crippen LogP) is 4.24. The van der Waals surface area contributed by atoms with Gasteiger partial charge in [0.05, 0.1) is 15.2 Å². The second-order valence-electron chi connectivity index (χ2n) is 6.52. The van der Waals surface area contributed by atoms with E-state index in [0.717, 1.165) is 11.3 Å². The molecule has 0 amide bonds. The molecule has 0 unspecified atom stereocenters. The first-order valence-electron chi connectivity index (χ1n) is 7.12. The minimum atomic E-state index is -1.79. The molecular weight excluding hydrogens is 292 g/mol. The molecule has 4 heteroatoms. The van der Waals surface area contributed by atoms with E-state index in [1.807, 2.05) is 31.4 Å². The minimum absolute atomic E-state index is 0.854. The van der Waals surface area contributed by atoms with Crippen molar-refractivity contribution in [3.63, 3.8) is 0 Å². The number of ether oxygens (including phenoxy) is 1. The molecule has 0 N–H and O–H groups in total. The van der Waals surface area contributed by atoms with Crippen LogP contribution in [0.25, 0.3) is 0 Å². The highest BCUT2D eigenvalue weighted by Crippen LogP contribution is 2.25. The zero-order valence-corrected chi connectivity index (χ0v) is 16.2.